The number of halogens is 2. The summed E-state index contributed by atoms with van der Waals surface area (Å²) in [5, 5.41) is 15.4. The number of hydrogen-bond donors (Lipinski definition) is 2. The maximum Gasteiger partial charge on any atom is 0.274 e. The van der Waals surface area contributed by atoms with Gasteiger partial charge in [-0.15, -0.1) is 0 Å². The molecule has 0 spiro atoms. The minimum Gasteiger partial charge on any atom is -0.493 e. The SMILES string of the molecule is COc1cc(/C=N\NC(=O)c2ccc(C#N)cc2F)cc(Br)c1OCC(=O)Nc1ccc(C)cc1. The summed E-state index contributed by atoms with van der Waals surface area (Å²) in [6, 6.07) is 15.9. The van der Waals surface area contributed by atoms with E-state index in [1.807, 2.05) is 19.1 Å². The van der Waals surface area contributed by atoms with Gasteiger partial charge in [0.05, 0.1) is 35.0 Å². The van der Waals surface area contributed by atoms with Crippen molar-refractivity contribution >= 4 is 39.6 Å². The van der Waals surface area contributed by atoms with E-state index >= 15 is 0 Å². The van der Waals surface area contributed by atoms with Crippen LogP contribution in [0.4, 0.5) is 10.1 Å². The zero-order chi connectivity index (χ0) is 25.4. The summed E-state index contributed by atoms with van der Waals surface area (Å²) in [6.45, 7) is 1.71. The zero-order valence-corrected chi connectivity index (χ0v) is 20.3. The molecule has 3 rings (SSSR count). The molecule has 0 aromatic heterocycles. The molecule has 3 aromatic rings. The number of anilines is 1. The lowest BCUT2D eigenvalue weighted by molar-refractivity contribution is -0.118. The number of amides is 2. The van der Waals surface area contributed by atoms with Crippen LogP contribution in [0.25, 0.3) is 0 Å². The monoisotopic (exact) mass is 538 g/mol. The Morgan fingerprint density at radius 1 is 1.17 bits per heavy atom. The normalized spacial score (nSPS) is 10.5. The van der Waals surface area contributed by atoms with Gasteiger partial charge in [-0.1, -0.05) is 17.7 Å². The Balaban J connectivity index is 1.64. The fourth-order valence-electron chi connectivity index (χ4n) is 2.92. The van der Waals surface area contributed by atoms with Crippen molar-refractivity contribution in [2.75, 3.05) is 19.0 Å². The molecule has 0 atom stereocenters. The van der Waals surface area contributed by atoms with Gasteiger partial charge >= 0.3 is 0 Å². The average Bonchev–Trinajstić information content (AvgIpc) is 2.84. The summed E-state index contributed by atoms with van der Waals surface area (Å²) in [6.07, 6.45) is 1.33. The van der Waals surface area contributed by atoms with Gasteiger partial charge in [0.15, 0.2) is 18.1 Å². The Bertz CT molecular complexity index is 1320. The number of carbonyl (C=O) groups is 2. The predicted octanol–water partition coefficient (Wildman–Crippen LogP) is 4.56. The molecule has 0 heterocycles. The first-order valence-electron chi connectivity index (χ1n) is 10.2. The molecule has 0 fully saturated rings. The van der Waals surface area contributed by atoms with Gasteiger partial charge < -0.3 is 14.8 Å². The van der Waals surface area contributed by atoms with E-state index in [1.54, 1.807) is 30.3 Å². The van der Waals surface area contributed by atoms with E-state index in [2.05, 4.69) is 31.8 Å². The number of aryl methyl sites for hydroxylation is 1. The highest BCUT2D eigenvalue weighted by Crippen LogP contribution is 2.36. The van der Waals surface area contributed by atoms with Gasteiger partial charge in [0, 0.05) is 5.69 Å². The van der Waals surface area contributed by atoms with Gasteiger partial charge in [0.25, 0.3) is 11.8 Å². The maximum atomic E-state index is 14.0. The second-order valence-electron chi connectivity index (χ2n) is 7.24. The van der Waals surface area contributed by atoms with Gasteiger partial charge in [-0.2, -0.15) is 10.4 Å². The molecule has 3 aromatic carbocycles. The van der Waals surface area contributed by atoms with Crippen LogP contribution in [0.1, 0.15) is 27.0 Å². The molecule has 0 bridgehead atoms. The molecular weight excluding hydrogens is 519 g/mol. The summed E-state index contributed by atoms with van der Waals surface area (Å²) in [5.74, 6) is -1.30. The second-order valence-corrected chi connectivity index (χ2v) is 8.10. The number of nitriles is 1. The average molecular weight is 539 g/mol. The fourth-order valence-corrected chi connectivity index (χ4v) is 3.49. The molecule has 0 saturated heterocycles. The number of ether oxygens (including phenoxy) is 2. The molecule has 8 nitrogen and oxygen atoms in total. The van der Waals surface area contributed by atoms with Crippen LogP contribution in [0.3, 0.4) is 0 Å². The van der Waals surface area contributed by atoms with Crippen molar-refractivity contribution in [3.8, 4) is 17.6 Å². The van der Waals surface area contributed by atoms with Gasteiger partial charge in [-0.25, -0.2) is 9.82 Å². The lowest BCUT2D eigenvalue weighted by Crippen LogP contribution is -2.20. The van der Waals surface area contributed by atoms with E-state index in [0.717, 1.165) is 11.6 Å². The van der Waals surface area contributed by atoms with Crippen LogP contribution in [0.5, 0.6) is 11.5 Å². The van der Waals surface area contributed by atoms with E-state index < -0.39 is 11.7 Å². The standard InChI is InChI=1S/C25H20BrFN4O4/c1-15-3-6-18(7-4-15)30-23(32)14-35-24-20(26)9-17(11-22(24)34-2)13-29-31-25(33)19-8-5-16(12-28)10-21(19)27/h3-11,13H,14H2,1-2H3,(H,30,32)(H,31,33)/b29-13-. The van der Waals surface area contributed by atoms with E-state index in [1.165, 1.54) is 25.5 Å². The Kier molecular flexibility index (Phi) is 8.53. The Morgan fingerprint density at radius 3 is 2.57 bits per heavy atom. The Morgan fingerprint density at radius 2 is 1.91 bits per heavy atom. The summed E-state index contributed by atoms with van der Waals surface area (Å²) in [7, 11) is 1.44. The van der Waals surface area contributed by atoms with E-state index in [9.17, 15) is 14.0 Å². The highest BCUT2D eigenvalue weighted by atomic mass is 79.9. The van der Waals surface area contributed by atoms with Crippen LogP contribution in [0.15, 0.2) is 64.2 Å². The van der Waals surface area contributed by atoms with Gasteiger partial charge in [0.2, 0.25) is 0 Å². The third-order valence-corrected chi connectivity index (χ3v) is 5.25. The van der Waals surface area contributed by atoms with Crippen LogP contribution < -0.4 is 20.2 Å². The van der Waals surface area contributed by atoms with Crippen molar-refractivity contribution in [3.63, 3.8) is 0 Å². The van der Waals surface area contributed by atoms with E-state index in [-0.39, 0.29) is 23.6 Å². The largest absolute Gasteiger partial charge is 0.493 e. The topological polar surface area (TPSA) is 113 Å². The van der Waals surface area contributed by atoms with Gasteiger partial charge in [-0.05, 0) is 70.9 Å². The van der Waals surface area contributed by atoms with E-state index in [0.29, 0.717) is 27.2 Å². The number of methoxy groups -OCH3 is 1. The third-order valence-electron chi connectivity index (χ3n) is 4.66. The molecule has 0 unspecified atom stereocenters. The first-order chi connectivity index (χ1) is 16.8. The quantitative estimate of drug-likeness (QED) is 0.322. The lowest BCUT2D eigenvalue weighted by Gasteiger charge is -2.13. The first-order valence-corrected chi connectivity index (χ1v) is 11.0. The summed E-state index contributed by atoms with van der Waals surface area (Å²) >= 11 is 3.38. The zero-order valence-electron chi connectivity index (χ0n) is 18.8. The molecule has 0 aliphatic carbocycles. The molecule has 178 valence electrons. The van der Waals surface area contributed by atoms with Crippen molar-refractivity contribution in [2.24, 2.45) is 5.10 Å². The number of nitrogens with zero attached hydrogens (tertiary/aromatic N) is 2. The van der Waals surface area contributed by atoms with Crippen LogP contribution in [-0.2, 0) is 4.79 Å². The molecule has 0 radical (unpaired) electrons. The summed E-state index contributed by atoms with van der Waals surface area (Å²) < 4.78 is 25.5. The van der Waals surface area contributed by atoms with Crippen molar-refractivity contribution < 1.29 is 23.5 Å². The third kappa shape index (κ3) is 6.88. The fraction of sp³-hybridized carbons (Fsp3) is 0.120. The molecule has 0 aliphatic heterocycles. The smallest absolute Gasteiger partial charge is 0.274 e. The molecular formula is C25H20BrFN4O4. The summed E-state index contributed by atoms with van der Waals surface area (Å²) in [5.41, 5.74) is 4.37. The van der Waals surface area contributed by atoms with Crippen LogP contribution >= 0.6 is 15.9 Å². The highest BCUT2D eigenvalue weighted by molar-refractivity contribution is 9.10. The number of hydrogen-bond acceptors (Lipinski definition) is 6. The van der Waals surface area contributed by atoms with Crippen molar-refractivity contribution in [2.45, 2.75) is 6.92 Å². The van der Waals surface area contributed by atoms with Crippen LogP contribution in [-0.4, -0.2) is 31.7 Å². The van der Waals surface area contributed by atoms with Crippen LogP contribution in [0.2, 0.25) is 0 Å². The molecule has 10 heteroatoms. The maximum absolute atomic E-state index is 14.0. The summed E-state index contributed by atoms with van der Waals surface area (Å²) in [4.78, 5) is 24.4. The number of hydrazone groups is 1. The predicted molar refractivity (Wildman–Crippen MR) is 132 cm³/mol. The minimum atomic E-state index is -0.825. The lowest BCUT2D eigenvalue weighted by atomic mass is 10.1. The number of carbonyl (C=O) groups excluding carboxylic acids is 2. The number of rotatable bonds is 8. The number of nitrogens with one attached hydrogen (secondary N) is 2. The molecule has 2 amide bonds. The molecule has 0 saturated carbocycles. The molecule has 0 aliphatic rings. The van der Waals surface area contributed by atoms with Gasteiger partial charge in [0.1, 0.15) is 5.82 Å². The Hall–Kier alpha value is -4.23. The van der Waals surface area contributed by atoms with Crippen molar-refractivity contribution in [1.82, 2.24) is 5.43 Å². The molecule has 35 heavy (non-hydrogen) atoms. The van der Waals surface area contributed by atoms with Crippen molar-refractivity contribution in [3.05, 3.63) is 87.1 Å². The highest BCUT2D eigenvalue weighted by Gasteiger charge is 2.14. The second kappa shape index (κ2) is 11.8. The van der Waals surface area contributed by atoms with Gasteiger partial charge in [-0.3, -0.25) is 9.59 Å². The van der Waals surface area contributed by atoms with Crippen LogP contribution in [0, 0.1) is 24.1 Å². The Labute approximate surface area is 209 Å². The van der Waals surface area contributed by atoms with E-state index in [4.69, 9.17) is 14.7 Å². The minimum absolute atomic E-state index is 0.106. The molecule has 2 N–H and O–H groups in total. The van der Waals surface area contributed by atoms with Crippen molar-refractivity contribution in [1.29, 1.82) is 5.26 Å². The first kappa shape index (κ1) is 25.4. The number of benzene rings is 3.